The van der Waals surface area contributed by atoms with Gasteiger partial charge in [0, 0.05) is 6.20 Å². The van der Waals surface area contributed by atoms with Gasteiger partial charge >= 0.3 is 0 Å². The van der Waals surface area contributed by atoms with Crippen molar-refractivity contribution in [2.75, 3.05) is 12.1 Å². The Kier molecular flexibility index (Phi) is 3.54. The van der Waals surface area contributed by atoms with Gasteiger partial charge in [0.15, 0.2) is 12.0 Å². The molecule has 0 saturated carbocycles. The van der Waals surface area contributed by atoms with Crippen LogP contribution in [0.1, 0.15) is 18.7 Å². The van der Waals surface area contributed by atoms with Crippen molar-refractivity contribution in [1.82, 2.24) is 14.5 Å². The molecule has 9 heteroatoms. The van der Waals surface area contributed by atoms with Gasteiger partial charge in [0.25, 0.3) is 0 Å². The molecule has 0 bridgehead atoms. The summed E-state index contributed by atoms with van der Waals surface area (Å²) in [6, 6.07) is 0. The van der Waals surface area contributed by atoms with Crippen LogP contribution in [-0.4, -0.2) is 59.5 Å². The van der Waals surface area contributed by atoms with E-state index < -0.39 is 30.6 Å². The molecule has 0 spiro atoms. The summed E-state index contributed by atoms with van der Waals surface area (Å²) in [5, 5.41) is 39.6. The van der Waals surface area contributed by atoms with Crippen molar-refractivity contribution in [1.29, 1.82) is 0 Å². The molecular weight excluding hydrogens is 292 g/mol. The molecular formula is C13H18N4O5. The van der Waals surface area contributed by atoms with Crippen molar-refractivity contribution in [3.63, 3.8) is 0 Å². The van der Waals surface area contributed by atoms with Crippen LogP contribution in [0.2, 0.25) is 0 Å². The van der Waals surface area contributed by atoms with Gasteiger partial charge in [-0.15, -0.1) is 0 Å². The molecule has 120 valence electrons. The Labute approximate surface area is 125 Å². The highest BCUT2D eigenvalue weighted by Crippen LogP contribution is 2.40. The monoisotopic (exact) mass is 310 g/mol. The van der Waals surface area contributed by atoms with Crippen LogP contribution in [0.4, 0.5) is 5.82 Å². The molecule has 5 N–H and O–H groups in total. The number of hydrogen-bond donors (Lipinski definition) is 5. The minimum absolute atomic E-state index is 0.234. The lowest BCUT2D eigenvalue weighted by Crippen LogP contribution is -2.44. The second-order valence-electron chi connectivity index (χ2n) is 5.63. The number of aryl methyl sites for hydroxylation is 1. The number of aliphatic hydroxyl groups is 3. The number of nitrogens with one attached hydrogen (secondary N) is 1. The zero-order chi connectivity index (χ0) is 16.1. The van der Waals surface area contributed by atoms with Crippen LogP contribution in [-0.2, 0) is 4.74 Å². The smallest absolute Gasteiger partial charge is 0.167 e. The third-order valence-electron chi connectivity index (χ3n) is 4.09. The first-order valence-corrected chi connectivity index (χ1v) is 6.80. The van der Waals surface area contributed by atoms with Gasteiger partial charge in [0.1, 0.15) is 29.8 Å². The van der Waals surface area contributed by atoms with E-state index >= 15 is 0 Å². The van der Waals surface area contributed by atoms with Gasteiger partial charge in [0.2, 0.25) is 0 Å². The van der Waals surface area contributed by atoms with E-state index in [0.29, 0.717) is 11.0 Å². The van der Waals surface area contributed by atoms with E-state index in [4.69, 9.17) is 9.94 Å². The Bertz CT molecular complexity index is 701. The lowest BCUT2D eigenvalue weighted by Gasteiger charge is -2.27. The minimum Gasteiger partial charge on any atom is -0.394 e. The van der Waals surface area contributed by atoms with Crippen LogP contribution in [0.5, 0.6) is 0 Å². The number of aliphatic hydroxyl groups excluding tert-OH is 2. The van der Waals surface area contributed by atoms with Crippen LogP contribution in [0.3, 0.4) is 0 Å². The van der Waals surface area contributed by atoms with Gasteiger partial charge in [-0.05, 0) is 19.4 Å². The third-order valence-corrected chi connectivity index (χ3v) is 4.09. The molecule has 0 unspecified atom stereocenters. The normalized spacial score (nSPS) is 31.8. The molecule has 0 amide bonds. The fraction of sp³-hybridized carbons (Fsp3) is 0.538. The second-order valence-corrected chi connectivity index (χ2v) is 5.63. The maximum Gasteiger partial charge on any atom is 0.167 e. The van der Waals surface area contributed by atoms with E-state index in [-0.39, 0.29) is 5.82 Å². The topological polar surface area (TPSA) is 133 Å². The first kappa shape index (κ1) is 15.1. The maximum atomic E-state index is 10.6. The fourth-order valence-corrected chi connectivity index (χ4v) is 2.92. The molecule has 1 aliphatic rings. The SMILES string of the molecule is Cc1cn([C@@H]2O[C@H](CO)[C@@H](O)[C@@]2(C)O)c2ncnc(NO)c12. The van der Waals surface area contributed by atoms with Crippen molar-refractivity contribution in [3.05, 3.63) is 18.1 Å². The van der Waals surface area contributed by atoms with Crippen LogP contribution < -0.4 is 5.48 Å². The first-order valence-electron chi connectivity index (χ1n) is 6.80. The standard InChI is InChI=1S/C13H18N4O5/c1-6-3-17(11-8(6)10(16-21)14-5-15-11)12-13(2,20)9(19)7(4-18)22-12/h3,5,7,9,12,18-21H,4H2,1-2H3,(H,14,15,16)/t7-,9-,12-,13-/m1/s1. The van der Waals surface area contributed by atoms with Gasteiger partial charge in [-0.1, -0.05) is 0 Å². The van der Waals surface area contributed by atoms with E-state index in [0.717, 1.165) is 5.56 Å². The average molecular weight is 310 g/mol. The maximum absolute atomic E-state index is 10.6. The highest BCUT2D eigenvalue weighted by molar-refractivity contribution is 5.90. The van der Waals surface area contributed by atoms with Crippen molar-refractivity contribution >= 4 is 16.9 Å². The van der Waals surface area contributed by atoms with E-state index in [9.17, 15) is 15.3 Å². The van der Waals surface area contributed by atoms with Gasteiger partial charge < -0.3 is 24.6 Å². The summed E-state index contributed by atoms with van der Waals surface area (Å²) in [6.07, 6.45) is -0.114. The summed E-state index contributed by atoms with van der Waals surface area (Å²) in [5.74, 6) is 0.234. The van der Waals surface area contributed by atoms with Crippen molar-refractivity contribution in [2.24, 2.45) is 0 Å². The number of hydrogen-bond acceptors (Lipinski definition) is 8. The molecule has 9 nitrogen and oxygen atoms in total. The van der Waals surface area contributed by atoms with Crippen LogP contribution in [0.25, 0.3) is 11.0 Å². The van der Waals surface area contributed by atoms with E-state index in [1.165, 1.54) is 13.3 Å². The van der Waals surface area contributed by atoms with Gasteiger partial charge in [-0.3, -0.25) is 10.7 Å². The molecule has 1 aliphatic heterocycles. The van der Waals surface area contributed by atoms with E-state index in [2.05, 4.69) is 9.97 Å². The van der Waals surface area contributed by atoms with Gasteiger partial charge in [0.05, 0.1) is 12.0 Å². The van der Waals surface area contributed by atoms with Crippen molar-refractivity contribution < 1.29 is 25.3 Å². The quantitative estimate of drug-likeness (QED) is 0.481. The Hall–Kier alpha value is -1.78. The molecule has 2 aromatic heterocycles. The largest absolute Gasteiger partial charge is 0.394 e. The van der Waals surface area contributed by atoms with Crippen LogP contribution in [0.15, 0.2) is 12.5 Å². The van der Waals surface area contributed by atoms with E-state index in [1.54, 1.807) is 17.7 Å². The number of rotatable bonds is 3. The zero-order valence-corrected chi connectivity index (χ0v) is 12.1. The van der Waals surface area contributed by atoms with Crippen LogP contribution in [0, 0.1) is 6.92 Å². The third kappa shape index (κ3) is 1.98. The van der Waals surface area contributed by atoms with E-state index in [1.807, 2.05) is 5.48 Å². The Morgan fingerprint density at radius 1 is 1.45 bits per heavy atom. The number of aromatic nitrogens is 3. The molecule has 3 heterocycles. The highest BCUT2D eigenvalue weighted by atomic mass is 16.6. The number of nitrogens with zero attached hydrogens (tertiary/aromatic N) is 3. The van der Waals surface area contributed by atoms with Crippen molar-refractivity contribution in [3.8, 4) is 0 Å². The summed E-state index contributed by atoms with van der Waals surface area (Å²) < 4.78 is 7.15. The number of anilines is 1. The lowest BCUT2D eigenvalue weighted by molar-refractivity contribution is -0.0948. The first-order chi connectivity index (χ1) is 10.4. The second kappa shape index (κ2) is 5.14. The Morgan fingerprint density at radius 2 is 2.18 bits per heavy atom. The minimum atomic E-state index is -1.61. The summed E-state index contributed by atoms with van der Waals surface area (Å²) in [4.78, 5) is 8.09. The van der Waals surface area contributed by atoms with Crippen molar-refractivity contribution in [2.45, 2.75) is 37.9 Å². The summed E-state index contributed by atoms with van der Waals surface area (Å²) in [6.45, 7) is 2.82. The number of ether oxygens (including phenoxy) is 1. The van der Waals surface area contributed by atoms with Crippen LogP contribution >= 0.6 is 0 Å². The number of fused-ring (bicyclic) bond motifs is 1. The highest BCUT2D eigenvalue weighted by Gasteiger charge is 2.53. The molecule has 1 saturated heterocycles. The zero-order valence-electron chi connectivity index (χ0n) is 12.1. The Balaban J connectivity index is 2.15. The average Bonchev–Trinajstić information content (AvgIpc) is 2.95. The molecule has 0 aromatic carbocycles. The molecule has 1 fully saturated rings. The molecule has 0 radical (unpaired) electrons. The summed E-state index contributed by atoms with van der Waals surface area (Å²) in [5.41, 5.74) is 1.59. The van der Waals surface area contributed by atoms with Gasteiger partial charge in [-0.25, -0.2) is 9.97 Å². The lowest BCUT2D eigenvalue weighted by atomic mass is 9.96. The molecule has 3 rings (SSSR count). The van der Waals surface area contributed by atoms with Gasteiger partial charge in [-0.2, -0.15) is 0 Å². The molecule has 2 aromatic rings. The predicted octanol–water partition coefficient (Wildman–Crippen LogP) is -0.458. The Morgan fingerprint density at radius 3 is 2.77 bits per heavy atom. The summed E-state index contributed by atoms with van der Waals surface area (Å²) >= 11 is 0. The molecule has 0 aliphatic carbocycles. The molecule has 22 heavy (non-hydrogen) atoms. The fourth-order valence-electron chi connectivity index (χ4n) is 2.92. The molecule has 4 atom stereocenters. The summed E-state index contributed by atoms with van der Waals surface area (Å²) in [7, 11) is 0. The predicted molar refractivity (Wildman–Crippen MR) is 75.3 cm³/mol.